The van der Waals surface area contributed by atoms with E-state index in [9.17, 15) is 9.59 Å². The van der Waals surface area contributed by atoms with Gasteiger partial charge in [-0.3, -0.25) is 4.79 Å². The van der Waals surface area contributed by atoms with E-state index in [0.717, 1.165) is 25.7 Å². The number of ether oxygens (including phenoxy) is 2. The van der Waals surface area contributed by atoms with E-state index in [1.807, 2.05) is 0 Å². The Morgan fingerprint density at radius 2 is 1.78 bits per heavy atom. The Morgan fingerprint density at radius 3 is 2.28 bits per heavy atom. The second kappa shape index (κ2) is 7.19. The van der Waals surface area contributed by atoms with Gasteiger partial charge in [0.2, 0.25) is 0 Å². The summed E-state index contributed by atoms with van der Waals surface area (Å²) in [5.74, 6) is -0.652. The lowest BCUT2D eigenvalue weighted by molar-refractivity contribution is -0.148. The number of esters is 2. The first kappa shape index (κ1) is 14.7. The van der Waals surface area contributed by atoms with Gasteiger partial charge in [0, 0.05) is 5.57 Å². The van der Waals surface area contributed by atoms with E-state index < -0.39 is 5.97 Å². The van der Waals surface area contributed by atoms with Crippen LogP contribution in [-0.2, 0) is 19.1 Å². The Hall–Kier alpha value is -1.32. The van der Waals surface area contributed by atoms with Gasteiger partial charge in [-0.1, -0.05) is 25.8 Å². The summed E-state index contributed by atoms with van der Waals surface area (Å²) in [6.07, 6.45) is 5.89. The van der Waals surface area contributed by atoms with E-state index in [1.165, 1.54) is 20.6 Å². The molecule has 0 saturated heterocycles. The first-order valence-electron chi connectivity index (χ1n) is 6.44. The van der Waals surface area contributed by atoms with Crippen molar-refractivity contribution >= 4 is 11.9 Å². The molecule has 1 unspecified atom stereocenters. The van der Waals surface area contributed by atoms with Crippen LogP contribution in [0.3, 0.4) is 0 Å². The van der Waals surface area contributed by atoms with Crippen LogP contribution in [0.1, 0.15) is 38.5 Å². The Labute approximate surface area is 108 Å². The Bertz CT molecular complexity index is 316. The SMILES string of the molecule is C=C(CC(C(=O)OC)C1CCCCC1)C(=O)OC. The molecule has 18 heavy (non-hydrogen) atoms. The van der Waals surface area contributed by atoms with Gasteiger partial charge in [-0.25, -0.2) is 4.79 Å². The highest BCUT2D eigenvalue weighted by molar-refractivity contribution is 5.88. The van der Waals surface area contributed by atoms with Gasteiger partial charge in [-0.2, -0.15) is 0 Å². The maximum Gasteiger partial charge on any atom is 0.333 e. The van der Waals surface area contributed by atoms with Gasteiger partial charge in [-0.15, -0.1) is 0 Å². The molecule has 1 aliphatic carbocycles. The van der Waals surface area contributed by atoms with Gasteiger partial charge in [-0.05, 0) is 25.2 Å². The molecule has 0 aliphatic heterocycles. The van der Waals surface area contributed by atoms with Gasteiger partial charge in [0.1, 0.15) is 0 Å². The van der Waals surface area contributed by atoms with Crippen molar-refractivity contribution in [1.29, 1.82) is 0 Å². The average molecular weight is 254 g/mol. The van der Waals surface area contributed by atoms with Gasteiger partial charge in [0.25, 0.3) is 0 Å². The number of hydrogen-bond donors (Lipinski definition) is 0. The van der Waals surface area contributed by atoms with Crippen LogP contribution < -0.4 is 0 Å². The molecule has 0 aromatic heterocycles. The summed E-state index contributed by atoms with van der Waals surface area (Å²) in [5.41, 5.74) is 0.346. The number of carbonyl (C=O) groups excluding carboxylic acids is 2. The minimum absolute atomic E-state index is 0.244. The number of carbonyl (C=O) groups is 2. The van der Waals surface area contributed by atoms with Crippen LogP contribution in [0.5, 0.6) is 0 Å². The lowest BCUT2D eigenvalue weighted by Gasteiger charge is -2.28. The second-order valence-electron chi connectivity index (χ2n) is 4.83. The van der Waals surface area contributed by atoms with Crippen molar-refractivity contribution < 1.29 is 19.1 Å². The van der Waals surface area contributed by atoms with Crippen molar-refractivity contribution in [3.63, 3.8) is 0 Å². The summed E-state index contributed by atoms with van der Waals surface area (Å²) < 4.78 is 9.47. The molecule has 1 atom stereocenters. The van der Waals surface area contributed by atoms with Crippen molar-refractivity contribution in [2.45, 2.75) is 38.5 Å². The van der Waals surface area contributed by atoms with Crippen LogP contribution in [0.2, 0.25) is 0 Å². The van der Waals surface area contributed by atoms with E-state index in [2.05, 4.69) is 11.3 Å². The van der Waals surface area contributed by atoms with E-state index >= 15 is 0 Å². The van der Waals surface area contributed by atoms with Crippen molar-refractivity contribution in [1.82, 2.24) is 0 Å². The fourth-order valence-corrected chi connectivity index (χ4v) is 2.62. The number of methoxy groups -OCH3 is 2. The summed E-state index contributed by atoms with van der Waals surface area (Å²) in [7, 11) is 2.71. The maximum atomic E-state index is 11.8. The van der Waals surface area contributed by atoms with Crippen LogP contribution in [-0.4, -0.2) is 26.2 Å². The molecule has 0 aromatic rings. The van der Waals surface area contributed by atoms with Crippen molar-refractivity contribution in [2.24, 2.45) is 11.8 Å². The van der Waals surface area contributed by atoms with Gasteiger partial charge in [0.05, 0.1) is 20.1 Å². The zero-order chi connectivity index (χ0) is 13.5. The molecular weight excluding hydrogens is 232 g/mol. The smallest absolute Gasteiger partial charge is 0.333 e. The molecule has 1 aliphatic rings. The van der Waals surface area contributed by atoms with Crippen LogP contribution in [0, 0.1) is 11.8 Å². The topological polar surface area (TPSA) is 52.6 Å². The maximum absolute atomic E-state index is 11.8. The highest BCUT2D eigenvalue weighted by atomic mass is 16.5. The molecule has 4 heteroatoms. The zero-order valence-electron chi connectivity index (χ0n) is 11.2. The van der Waals surface area contributed by atoms with Crippen LogP contribution in [0.15, 0.2) is 12.2 Å². The van der Waals surface area contributed by atoms with Crippen molar-refractivity contribution in [3.8, 4) is 0 Å². The van der Waals surface area contributed by atoms with Crippen LogP contribution >= 0.6 is 0 Å². The largest absolute Gasteiger partial charge is 0.469 e. The van der Waals surface area contributed by atoms with E-state index in [4.69, 9.17) is 4.74 Å². The first-order chi connectivity index (χ1) is 8.60. The summed E-state index contributed by atoms with van der Waals surface area (Å²) in [5, 5.41) is 0. The minimum Gasteiger partial charge on any atom is -0.469 e. The fourth-order valence-electron chi connectivity index (χ4n) is 2.62. The molecular formula is C14H22O4. The zero-order valence-corrected chi connectivity index (χ0v) is 11.2. The predicted molar refractivity (Wildman–Crippen MR) is 67.9 cm³/mol. The molecule has 4 nitrogen and oxygen atoms in total. The minimum atomic E-state index is -0.445. The number of hydrogen-bond acceptors (Lipinski definition) is 4. The molecule has 0 aromatic carbocycles. The molecule has 102 valence electrons. The molecule has 0 N–H and O–H groups in total. The summed E-state index contributed by atoms with van der Waals surface area (Å²) in [6, 6.07) is 0. The molecule has 1 saturated carbocycles. The molecule has 0 heterocycles. The Balaban J connectivity index is 2.68. The third-order valence-electron chi connectivity index (χ3n) is 3.66. The third-order valence-corrected chi connectivity index (χ3v) is 3.66. The van der Waals surface area contributed by atoms with E-state index in [0.29, 0.717) is 17.9 Å². The third kappa shape index (κ3) is 3.86. The highest BCUT2D eigenvalue weighted by Crippen LogP contribution is 2.34. The highest BCUT2D eigenvalue weighted by Gasteiger charge is 2.31. The first-order valence-corrected chi connectivity index (χ1v) is 6.44. The summed E-state index contributed by atoms with van der Waals surface area (Å²) >= 11 is 0. The predicted octanol–water partition coefficient (Wildman–Crippen LogP) is 2.48. The average Bonchev–Trinajstić information content (AvgIpc) is 2.43. The van der Waals surface area contributed by atoms with Crippen molar-refractivity contribution in [2.75, 3.05) is 14.2 Å². The quantitative estimate of drug-likeness (QED) is 0.558. The van der Waals surface area contributed by atoms with E-state index in [-0.39, 0.29) is 11.9 Å². The van der Waals surface area contributed by atoms with Crippen molar-refractivity contribution in [3.05, 3.63) is 12.2 Å². The van der Waals surface area contributed by atoms with Crippen LogP contribution in [0.4, 0.5) is 0 Å². The summed E-state index contributed by atoms with van der Waals surface area (Å²) in [6.45, 7) is 3.69. The fraction of sp³-hybridized carbons (Fsp3) is 0.714. The molecule has 0 spiro atoms. The van der Waals surface area contributed by atoms with Gasteiger partial charge in [0.15, 0.2) is 0 Å². The number of rotatable bonds is 5. The normalized spacial score (nSPS) is 17.9. The van der Waals surface area contributed by atoms with E-state index in [1.54, 1.807) is 0 Å². The monoisotopic (exact) mass is 254 g/mol. The van der Waals surface area contributed by atoms with Crippen LogP contribution in [0.25, 0.3) is 0 Å². The lowest BCUT2D eigenvalue weighted by atomic mass is 9.77. The summed E-state index contributed by atoms with van der Waals surface area (Å²) in [4.78, 5) is 23.2. The standard InChI is InChI=1S/C14H22O4/c1-10(13(15)17-2)9-12(14(16)18-3)11-7-5-4-6-8-11/h11-12H,1,4-9H2,2-3H3. The Morgan fingerprint density at radius 1 is 1.17 bits per heavy atom. The molecule has 0 radical (unpaired) electrons. The second-order valence-corrected chi connectivity index (χ2v) is 4.83. The molecule has 0 bridgehead atoms. The molecule has 0 amide bonds. The molecule has 1 fully saturated rings. The molecule has 1 rings (SSSR count). The Kier molecular flexibility index (Phi) is 5.89. The lowest BCUT2D eigenvalue weighted by Crippen LogP contribution is -2.28. The van der Waals surface area contributed by atoms with Gasteiger partial charge < -0.3 is 9.47 Å². The van der Waals surface area contributed by atoms with Gasteiger partial charge >= 0.3 is 11.9 Å².